The highest BCUT2D eigenvalue weighted by molar-refractivity contribution is 5.44. The van der Waals surface area contributed by atoms with Crippen LogP contribution in [0.5, 0.6) is 0 Å². The van der Waals surface area contributed by atoms with Gasteiger partial charge in [-0.1, -0.05) is 6.07 Å². The van der Waals surface area contributed by atoms with Crippen LogP contribution in [0.15, 0.2) is 30.6 Å². The van der Waals surface area contributed by atoms with Gasteiger partial charge in [0.25, 0.3) is 0 Å². The molecule has 0 saturated heterocycles. The van der Waals surface area contributed by atoms with E-state index in [2.05, 4.69) is 20.5 Å². The minimum atomic E-state index is 0.654. The molecular weight excluding hydrogens is 240 g/mol. The molecule has 6 heteroatoms. The highest BCUT2D eigenvalue weighted by atomic mass is 15.3. The van der Waals surface area contributed by atoms with Gasteiger partial charge in [0.05, 0.1) is 5.69 Å². The second-order valence-corrected chi connectivity index (χ2v) is 4.60. The summed E-state index contributed by atoms with van der Waals surface area (Å²) in [7, 11) is 1.92. The largest absolute Gasteiger partial charge is 0.353 e. The van der Waals surface area contributed by atoms with Crippen molar-refractivity contribution < 1.29 is 0 Å². The number of fused-ring (bicyclic) bond motifs is 1. The smallest absolute Gasteiger partial charge is 0.243 e. The minimum Gasteiger partial charge on any atom is -0.353 e. The lowest BCUT2D eigenvalue weighted by molar-refractivity contribution is 0.741. The Labute approximate surface area is 111 Å². The van der Waals surface area contributed by atoms with Crippen LogP contribution in [-0.4, -0.2) is 30.9 Å². The first kappa shape index (κ1) is 11.7. The second-order valence-electron chi connectivity index (χ2n) is 4.60. The van der Waals surface area contributed by atoms with E-state index in [1.54, 1.807) is 9.20 Å². The van der Waals surface area contributed by atoms with E-state index in [9.17, 15) is 0 Å². The Balaban J connectivity index is 1.65. The zero-order chi connectivity index (χ0) is 13.2. The van der Waals surface area contributed by atoms with Crippen molar-refractivity contribution in [2.24, 2.45) is 7.05 Å². The van der Waals surface area contributed by atoms with Crippen LogP contribution in [0.2, 0.25) is 0 Å². The maximum Gasteiger partial charge on any atom is 0.243 e. The molecule has 0 amide bonds. The van der Waals surface area contributed by atoms with Crippen LogP contribution in [0.4, 0.5) is 5.95 Å². The van der Waals surface area contributed by atoms with Gasteiger partial charge >= 0.3 is 0 Å². The molecule has 0 aromatic carbocycles. The fourth-order valence-corrected chi connectivity index (χ4v) is 1.96. The molecule has 0 unspecified atom stereocenters. The molecule has 3 rings (SSSR count). The molecule has 19 heavy (non-hydrogen) atoms. The molecule has 3 aromatic heterocycles. The molecule has 3 aromatic rings. The summed E-state index contributed by atoms with van der Waals surface area (Å²) < 4.78 is 3.60. The zero-order valence-corrected chi connectivity index (χ0v) is 11.0. The lowest BCUT2D eigenvalue weighted by Gasteiger charge is -1.98. The van der Waals surface area contributed by atoms with Gasteiger partial charge in [0.15, 0.2) is 5.65 Å². The van der Waals surface area contributed by atoms with Gasteiger partial charge in [-0.05, 0) is 24.6 Å². The lowest BCUT2D eigenvalue weighted by Crippen LogP contribution is -2.07. The maximum atomic E-state index is 4.41. The molecule has 0 saturated carbocycles. The quantitative estimate of drug-likeness (QED) is 0.767. The van der Waals surface area contributed by atoms with Crippen molar-refractivity contribution in [2.75, 3.05) is 11.9 Å². The maximum absolute atomic E-state index is 4.41. The average Bonchev–Trinajstić information content (AvgIpc) is 2.95. The molecule has 98 valence electrons. The van der Waals surface area contributed by atoms with Crippen LogP contribution >= 0.6 is 0 Å². The number of rotatable bonds is 4. The summed E-state index contributed by atoms with van der Waals surface area (Å²) >= 11 is 0. The van der Waals surface area contributed by atoms with E-state index in [0.717, 1.165) is 29.9 Å². The summed E-state index contributed by atoms with van der Waals surface area (Å²) in [6.45, 7) is 2.81. The number of hydrogen-bond acceptors (Lipinski definition) is 4. The molecule has 0 spiro atoms. The van der Waals surface area contributed by atoms with E-state index >= 15 is 0 Å². The Kier molecular flexibility index (Phi) is 2.91. The van der Waals surface area contributed by atoms with Gasteiger partial charge in [0.2, 0.25) is 5.95 Å². The normalized spacial score (nSPS) is 11.1. The minimum absolute atomic E-state index is 0.654. The van der Waals surface area contributed by atoms with Gasteiger partial charge in [-0.25, -0.2) is 4.52 Å². The van der Waals surface area contributed by atoms with Crippen LogP contribution in [0.25, 0.3) is 5.65 Å². The third kappa shape index (κ3) is 2.57. The van der Waals surface area contributed by atoms with Crippen LogP contribution in [0.3, 0.4) is 0 Å². The van der Waals surface area contributed by atoms with Crippen molar-refractivity contribution in [3.8, 4) is 0 Å². The number of aromatic nitrogens is 5. The second kappa shape index (κ2) is 4.72. The van der Waals surface area contributed by atoms with Crippen molar-refractivity contribution in [1.82, 2.24) is 24.4 Å². The van der Waals surface area contributed by atoms with E-state index < -0.39 is 0 Å². The topological polar surface area (TPSA) is 60.0 Å². The summed E-state index contributed by atoms with van der Waals surface area (Å²) in [5.74, 6) is 0.654. The zero-order valence-electron chi connectivity index (χ0n) is 11.0. The summed E-state index contributed by atoms with van der Waals surface area (Å²) in [6.07, 6.45) is 4.77. The summed E-state index contributed by atoms with van der Waals surface area (Å²) in [6, 6.07) is 6.01. The number of nitrogens with one attached hydrogen (secondary N) is 1. The number of nitrogens with zero attached hydrogens (tertiary/aromatic N) is 5. The van der Waals surface area contributed by atoms with E-state index in [4.69, 9.17) is 0 Å². The monoisotopic (exact) mass is 256 g/mol. The van der Waals surface area contributed by atoms with Crippen molar-refractivity contribution in [1.29, 1.82) is 0 Å². The Morgan fingerprint density at radius 2 is 2.11 bits per heavy atom. The number of anilines is 1. The Morgan fingerprint density at radius 3 is 2.89 bits per heavy atom. The molecule has 0 fully saturated rings. The number of aryl methyl sites for hydroxylation is 2. The van der Waals surface area contributed by atoms with Crippen molar-refractivity contribution in [2.45, 2.75) is 13.3 Å². The first-order valence-electron chi connectivity index (χ1n) is 6.26. The predicted octanol–water partition coefficient (Wildman–Crippen LogP) is 1.43. The van der Waals surface area contributed by atoms with Crippen molar-refractivity contribution in [3.63, 3.8) is 0 Å². The van der Waals surface area contributed by atoms with Gasteiger partial charge in [0.1, 0.15) is 0 Å². The predicted molar refractivity (Wildman–Crippen MR) is 73.1 cm³/mol. The van der Waals surface area contributed by atoms with Crippen molar-refractivity contribution in [3.05, 3.63) is 41.9 Å². The van der Waals surface area contributed by atoms with Gasteiger partial charge in [0, 0.05) is 32.4 Å². The highest BCUT2D eigenvalue weighted by Gasteiger charge is 2.03. The average molecular weight is 256 g/mol. The highest BCUT2D eigenvalue weighted by Crippen LogP contribution is 2.07. The third-order valence-electron chi connectivity index (χ3n) is 2.91. The lowest BCUT2D eigenvalue weighted by atomic mass is 10.3. The first-order chi connectivity index (χ1) is 9.20. The van der Waals surface area contributed by atoms with E-state index in [-0.39, 0.29) is 0 Å². The summed E-state index contributed by atoms with van der Waals surface area (Å²) in [4.78, 5) is 4.41. The molecule has 0 aliphatic rings. The van der Waals surface area contributed by atoms with Gasteiger partial charge < -0.3 is 5.32 Å². The van der Waals surface area contributed by atoms with Gasteiger partial charge in [-0.3, -0.25) is 4.68 Å². The molecule has 0 aliphatic heterocycles. The number of hydrogen-bond donors (Lipinski definition) is 1. The van der Waals surface area contributed by atoms with Crippen LogP contribution in [-0.2, 0) is 13.5 Å². The Bertz CT molecular complexity index is 696. The van der Waals surface area contributed by atoms with Crippen LogP contribution in [0, 0.1) is 6.92 Å². The Morgan fingerprint density at radius 1 is 1.21 bits per heavy atom. The van der Waals surface area contributed by atoms with E-state index in [0.29, 0.717) is 5.95 Å². The molecular formula is C13H16N6. The molecule has 0 bridgehead atoms. The van der Waals surface area contributed by atoms with Gasteiger partial charge in [-0.15, -0.1) is 5.10 Å². The fraction of sp³-hybridized carbons (Fsp3) is 0.308. The molecule has 0 atom stereocenters. The molecule has 6 nitrogen and oxygen atoms in total. The molecule has 1 N–H and O–H groups in total. The summed E-state index contributed by atoms with van der Waals surface area (Å²) in [5.41, 5.74) is 3.08. The van der Waals surface area contributed by atoms with E-state index in [1.807, 2.05) is 44.6 Å². The molecule has 0 aliphatic carbocycles. The first-order valence-corrected chi connectivity index (χ1v) is 6.26. The standard InChI is InChI=1S/C13H16N6/c1-10-3-4-12-15-13(17-19(12)9-10)14-7-5-11-6-8-18(2)16-11/h3-4,6,8-9H,5,7H2,1-2H3,(H,14,17). The Hall–Kier alpha value is -2.37. The fourth-order valence-electron chi connectivity index (χ4n) is 1.96. The third-order valence-corrected chi connectivity index (χ3v) is 2.91. The number of pyridine rings is 1. The van der Waals surface area contributed by atoms with Crippen molar-refractivity contribution >= 4 is 11.6 Å². The molecule has 3 heterocycles. The van der Waals surface area contributed by atoms with E-state index in [1.165, 1.54) is 0 Å². The SMILES string of the molecule is Cc1ccc2nc(NCCc3ccn(C)n3)nn2c1. The summed E-state index contributed by atoms with van der Waals surface area (Å²) in [5, 5.41) is 11.9. The van der Waals surface area contributed by atoms with Crippen LogP contribution in [0.1, 0.15) is 11.3 Å². The van der Waals surface area contributed by atoms with Crippen LogP contribution < -0.4 is 5.32 Å². The van der Waals surface area contributed by atoms with Gasteiger partial charge in [-0.2, -0.15) is 10.1 Å². The molecule has 0 radical (unpaired) electrons.